The van der Waals surface area contributed by atoms with Crippen molar-refractivity contribution in [1.29, 1.82) is 0 Å². The predicted molar refractivity (Wildman–Crippen MR) is 73.4 cm³/mol. The molecule has 0 saturated heterocycles. The summed E-state index contributed by atoms with van der Waals surface area (Å²) in [6.45, 7) is 3.11. The number of sulfonamides is 1. The van der Waals surface area contributed by atoms with Gasteiger partial charge in [0.2, 0.25) is 10.0 Å². The number of carboxylic acids is 1. The molecule has 0 radical (unpaired) electrons. The molecule has 2 N–H and O–H groups in total. The van der Waals surface area contributed by atoms with Gasteiger partial charge in [-0.25, -0.2) is 13.1 Å². The fraction of sp³-hybridized carbons (Fsp3) is 0.462. The SMILES string of the molecule is CC(C)(CC(=O)O)NS(=O)(=O)CCc1ccccc1. The Labute approximate surface area is 113 Å². The van der Waals surface area contributed by atoms with Crippen molar-refractivity contribution in [3.8, 4) is 0 Å². The monoisotopic (exact) mass is 285 g/mol. The molecular formula is C13H19NO4S. The van der Waals surface area contributed by atoms with Crippen molar-refractivity contribution in [2.75, 3.05) is 5.75 Å². The Morgan fingerprint density at radius 3 is 2.37 bits per heavy atom. The van der Waals surface area contributed by atoms with E-state index in [4.69, 9.17) is 5.11 Å². The number of aryl methyl sites for hydroxylation is 1. The van der Waals surface area contributed by atoms with Crippen molar-refractivity contribution in [3.05, 3.63) is 35.9 Å². The van der Waals surface area contributed by atoms with Crippen LogP contribution in [0.1, 0.15) is 25.8 Å². The zero-order chi connectivity index (χ0) is 14.5. The molecule has 0 unspecified atom stereocenters. The van der Waals surface area contributed by atoms with E-state index < -0.39 is 21.5 Å². The minimum absolute atomic E-state index is 0.0555. The van der Waals surface area contributed by atoms with Crippen LogP contribution >= 0.6 is 0 Å². The minimum Gasteiger partial charge on any atom is -0.481 e. The van der Waals surface area contributed by atoms with Crippen LogP contribution in [0.2, 0.25) is 0 Å². The highest BCUT2D eigenvalue weighted by Crippen LogP contribution is 2.11. The van der Waals surface area contributed by atoms with Crippen LogP contribution in [-0.2, 0) is 21.2 Å². The molecule has 6 heteroatoms. The van der Waals surface area contributed by atoms with Gasteiger partial charge in [-0.3, -0.25) is 4.79 Å². The first-order valence-electron chi connectivity index (χ1n) is 5.98. The van der Waals surface area contributed by atoms with Gasteiger partial charge in [0.05, 0.1) is 12.2 Å². The molecule has 19 heavy (non-hydrogen) atoms. The van der Waals surface area contributed by atoms with E-state index in [9.17, 15) is 13.2 Å². The number of nitrogens with one attached hydrogen (secondary N) is 1. The smallest absolute Gasteiger partial charge is 0.305 e. The standard InChI is InChI=1S/C13H19NO4S/c1-13(2,10-12(15)16)14-19(17,18)9-8-11-6-4-3-5-7-11/h3-7,14H,8-10H2,1-2H3,(H,15,16). The van der Waals surface area contributed by atoms with Crippen LogP contribution in [0.3, 0.4) is 0 Å². The lowest BCUT2D eigenvalue weighted by Crippen LogP contribution is -2.46. The molecule has 0 aliphatic heterocycles. The van der Waals surface area contributed by atoms with E-state index in [1.165, 1.54) is 0 Å². The van der Waals surface area contributed by atoms with Crippen LogP contribution in [0.4, 0.5) is 0 Å². The number of hydrogen-bond donors (Lipinski definition) is 2. The highest BCUT2D eigenvalue weighted by Gasteiger charge is 2.27. The molecule has 0 aliphatic rings. The topological polar surface area (TPSA) is 83.5 Å². The summed E-state index contributed by atoms with van der Waals surface area (Å²) < 4.78 is 26.2. The molecule has 0 heterocycles. The van der Waals surface area contributed by atoms with E-state index in [1.54, 1.807) is 13.8 Å². The van der Waals surface area contributed by atoms with Crippen molar-refractivity contribution in [2.45, 2.75) is 32.2 Å². The Hall–Kier alpha value is -1.40. The molecule has 0 bridgehead atoms. The molecule has 1 aromatic carbocycles. The summed E-state index contributed by atoms with van der Waals surface area (Å²) in [6.07, 6.45) is 0.150. The van der Waals surface area contributed by atoms with Crippen LogP contribution in [0.15, 0.2) is 30.3 Å². The predicted octanol–water partition coefficient (Wildman–Crippen LogP) is 1.40. The van der Waals surface area contributed by atoms with E-state index in [1.807, 2.05) is 30.3 Å². The molecule has 0 fully saturated rings. The van der Waals surface area contributed by atoms with E-state index >= 15 is 0 Å². The average molecular weight is 285 g/mol. The van der Waals surface area contributed by atoms with Crippen LogP contribution in [-0.4, -0.2) is 30.8 Å². The van der Waals surface area contributed by atoms with E-state index in [-0.39, 0.29) is 12.2 Å². The lowest BCUT2D eigenvalue weighted by molar-refractivity contribution is -0.138. The maximum absolute atomic E-state index is 11.9. The fourth-order valence-electron chi connectivity index (χ4n) is 1.78. The number of carbonyl (C=O) groups is 1. The summed E-state index contributed by atoms with van der Waals surface area (Å²) in [5.74, 6) is -1.09. The second kappa shape index (κ2) is 6.16. The number of rotatable bonds is 7. The van der Waals surface area contributed by atoms with Gasteiger partial charge in [0.15, 0.2) is 0 Å². The Bertz CT molecular complexity index is 523. The Morgan fingerprint density at radius 1 is 1.26 bits per heavy atom. The molecule has 0 aliphatic carbocycles. The second-order valence-corrected chi connectivity index (χ2v) is 6.95. The van der Waals surface area contributed by atoms with Crippen molar-refractivity contribution in [1.82, 2.24) is 4.72 Å². The van der Waals surface area contributed by atoms with Gasteiger partial charge < -0.3 is 5.11 Å². The summed E-state index contributed by atoms with van der Waals surface area (Å²) in [6, 6.07) is 9.29. The summed E-state index contributed by atoms with van der Waals surface area (Å²) in [5, 5.41) is 8.72. The molecule has 0 aromatic heterocycles. The molecule has 106 valence electrons. The highest BCUT2D eigenvalue weighted by atomic mass is 32.2. The fourth-order valence-corrected chi connectivity index (χ4v) is 3.30. The average Bonchev–Trinajstić information content (AvgIpc) is 2.24. The molecule has 1 aromatic rings. The molecule has 0 amide bonds. The second-order valence-electron chi connectivity index (χ2n) is 5.11. The largest absolute Gasteiger partial charge is 0.481 e. The first kappa shape index (κ1) is 15.7. The maximum atomic E-state index is 11.9. The van der Waals surface area contributed by atoms with Crippen LogP contribution in [0.25, 0.3) is 0 Å². The number of aliphatic carboxylic acids is 1. The third-order valence-electron chi connectivity index (χ3n) is 2.53. The van der Waals surface area contributed by atoms with Gasteiger partial charge in [-0.1, -0.05) is 30.3 Å². The third-order valence-corrected chi connectivity index (χ3v) is 4.13. The van der Waals surface area contributed by atoms with Crippen LogP contribution in [0, 0.1) is 0 Å². The van der Waals surface area contributed by atoms with Gasteiger partial charge in [0.1, 0.15) is 0 Å². The van der Waals surface area contributed by atoms with Crippen molar-refractivity contribution in [3.63, 3.8) is 0 Å². The lowest BCUT2D eigenvalue weighted by atomic mass is 10.0. The van der Waals surface area contributed by atoms with Crippen LogP contribution in [0.5, 0.6) is 0 Å². The quantitative estimate of drug-likeness (QED) is 0.793. The number of carboxylic acid groups (broad SMARTS) is 1. The number of hydrogen-bond acceptors (Lipinski definition) is 3. The molecular weight excluding hydrogens is 266 g/mol. The van der Waals surface area contributed by atoms with Gasteiger partial charge in [0, 0.05) is 5.54 Å². The Morgan fingerprint density at radius 2 is 1.84 bits per heavy atom. The zero-order valence-corrected chi connectivity index (χ0v) is 11.9. The summed E-state index contributed by atoms with van der Waals surface area (Å²) >= 11 is 0. The zero-order valence-electron chi connectivity index (χ0n) is 11.1. The Kier molecular flexibility index (Phi) is 5.08. The molecule has 5 nitrogen and oxygen atoms in total. The van der Waals surface area contributed by atoms with Crippen molar-refractivity contribution >= 4 is 16.0 Å². The Balaban J connectivity index is 2.59. The van der Waals surface area contributed by atoms with Crippen molar-refractivity contribution in [2.24, 2.45) is 0 Å². The molecule has 0 saturated carbocycles. The maximum Gasteiger partial charge on any atom is 0.305 e. The van der Waals surface area contributed by atoms with Gasteiger partial charge >= 0.3 is 5.97 Å². The van der Waals surface area contributed by atoms with Gasteiger partial charge in [0.25, 0.3) is 0 Å². The van der Waals surface area contributed by atoms with Crippen molar-refractivity contribution < 1.29 is 18.3 Å². The van der Waals surface area contributed by atoms with E-state index in [2.05, 4.69) is 4.72 Å². The van der Waals surface area contributed by atoms with Gasteiger partial charge in [-0.05, 0) is 25.8 Å². The normalized spacial score (nSPS) is 12.3. The van der Waals surface area contributed by atoms with Gasteiger partial charge in [-0.15, -0.1) is 0 Å². The molecule has 0 spiro atoms. The summed E-state index contributed by atoms with van der Waals surface area (Å²) in [5.41, 5.74) is -0.0506. The lowest BCUT2D eigenvalue weighted by Gasteiger charge is -2.23. The number of benzene rings is 1. The first-order chi connectivity index (χ1) is 8.70. The molecule has 0 atom stereocenters. The van der Waals surface area contributed by atoms with Gasteiger partial charge in [-0.2, -0.15) is 0 Å². The third kappa shape index (κ3) is 6.35. The van der Waals surface area contributed by atoms with E-state index in [0.29, 0.717) is 6.42 Å². The molecule has 1 rings (SSSR count). The summed E-state index contributed by atoms with van der Waals surface area (Å²) in [4.78, 5) is 10.6. The first-order valence-corrected chi connectivity index (χ1v) is 7.63. The minimum atomic E-state index is -3.50. The van der Waals surface area contributed by atoms with Crippen LogP contribution < -0.4 is 4.72 Å². The highest BCUT2D eigenvalue weighted by molar-refractivity contribution is 7.89. The van der Waals surface area contributed by atoms with E-state index in [0.717, 1.165) is 5.56 Å². The summed E-state index contributed by atoms with van der Waals surface area (Å²) in [7, 11) is -3.50.